The first-order valence-electron chi connectivity index (χ1n) is 13.9. The summed E-state index contributed by atoms with van der Waals surface area (Å²) in [7, 11) is 1.58. The number of fused-ring (bicyclic) bond motifs is 1. The second kappa shape index (κ2) is 12.0. The van der Waals surface area contributed by atoms with Crippen LogP contribution in [0.25, 0.3) is 0 Å². The molecule has 1 aromatic heterocycles. The van der Waals surface area contributed by atoms with Gasteiger partial charge in [-0.3, -0.25) is 19.5 Å². The fourth-order valence-corrected chi connectivity index (χ4v) is 5.87. The summed E-state index contributed by atoms with van der Waals surface area (Å²) in [6, 6.07) is 2.16. The van der Waals surface area contributed by atoms with E-state index in [0.717, 1.165) is 60.1 Å². The molecule has 1 fully saturated rings. The molecule has 4 N–H and O–H groups in total. The Labute approximate surface area is 235 Å². The quantitative estimate of drug-likeness (QED) is 0.257. The standard InChI is InChI=1S/C30H40N6O4/c1-19(2)35-8-7-24-25(30(38)36(31)17-26-23(18-39-4)13-20(3)33-29(26)37)14-22(15-27(24)35)21-5-6-28(32-16-21)34-9-11-40-12-10-34/h5-8,13-14,16,19,27-28,32H,9-12,15,17-18,31H2,1-4H3,(H,33,37). The van der Waals surface area contributed by atoms with Gasteiger partial charge in [-0.2, -0.15) is 0 Å². The van der Waals surface area contributed by atoms with Crippen LogP contribution in [-0.4, -0.2) is 77.4 Å². The summed E-state index contributed by atoms with van der Waals surface area (Å²) in [5.74, 6) is 6.06. The zero-order valence-electron chi connectivity index (χ0n) is 23.8. The van der Waals surface area contributed by atoms with Crippen LogP contribution >= 0.6 is 0 Å². The monoisotopic (exact) mass is 548 g/mol. The van der Waals surface area contributed by atoms with Crippen molar-refractivity contribution in [2.75, 3.05) is 33.4 Å². The van der Waals surface area contributed by atoms with Crippen molar-refractivity contribution in [3.05, 3.63) is 92.2 Å². The van der Waals surface area contributed by atoms with E-state index in [1.807, 2.05) is 31.3 Å². The number of pyridine rings is 1. The van der Waals surface area contributed by atoms with Crippen LogP contribution in [0.4, 0.5) is 0 Å². The molecule has 0 saturated carbocycles. The van der Waals surface area contributed by atoms with Gasteiger partial charge in [-0.1, -0.05) is 6.08 Å². The molecule has 40 heavy (non-hydrogen) atoms. The topological polar surface area (TPSA) is 116 Å². The molecule has 2 atom stereocenters. The molecular formula is C30H40N6O4. The van der Waals surface area contributed by atoms with E-state index in [2.05, 4.69) is 52.3 Å². The molecular weight excluding hydrogens is 508 g/mol. The normalized spacial score (nSPS) is 22.8. The molecule has 10 nitrogen and oxygen atoms in total. The molecule has 1 saturated heterocycles. The highest BCUT2D eigenvalue weighted by atomic mass is 16.5. The Bertz CT molecular complexity index is 1350. The van der Waals surface area contributed by atoms with Crippen molar-refractivity contribution in [2.45, 2.75) is 58.6 Å². The molecule has 4 aliphatic rings. The number of nitrogens with one attached hydrogen (secondary N) is 2. The number of nitrogens with two attached hydrogens (primary N) is 1. The lowest BCUT2D eigenvalue weighted by molar-refractivity contribution is -0.127. The zero-order valence-corrected chi connectivity index (χ0v) is 23.8. The van der Waals surface area contributed by atoms with Gasteiger partial charge in [0, 0.05) is 55.5 Å². The van der Waals surface area contributed by atoms with Crippen LogP contribution in [0.1, 0.15) is 37.1 Å². The summed E-state index contributed by atoms with van der Waals surface area (Å²) < 4.78 is 10.8. The van der Waals surface area contributed by atoms with Crippen LogP contribution in [0.15, 0.2) is 69.9 Å². The fraction of sp³-hybridized carbons (Fsp3) is 0.467. The summed E-state index contributed by atoms with van der Waals surface area (Å²) in [5.41, 5.74) is 5.21. The van der Waals surface area contributed by atoms with Crippen molar-refractivity contribution in [3.63, 3.8) is 0 Å². The molecule has 10 heteroatoms. The molecule has 4 heterocycles. The zero-order chi connectivity index (χ0) is 28.4. The molecule has 3 aliphatic heterocycles. The highest BCUT2D eigenvalue weighted by Gasteiger charge is 2.35. The number of morpholine rings is 1. The highest BCUT2D eigenvalue weighted by Crippen LogP contribution is 2.38. The van der Waals surface area contributed by atoms with Gasteiger partial charge < -0.3 is 24.7 Å². The van der Waals surface area contributed by atoms with E-state index in [1.54, 1.807) is 7.11 Å². The Morgan fingerprint density at radius 2 is 2.05 bits per heavy atom. The summed E-state index contributed by atoms with van der Waals surface area (Å²) in [4.78, 5) is 34.1. The van der Waals surface area contributed by atoms with Gasteiger partial charge in [-0.05, 0) is 73.8 Å². The number of methoxy groups -OCH3 is 1. The maximum atomic E-state index is 13.9. The Morgan fingerprint density at radius 3 is 2.73 bits per heavy atom. The van der Waals surface area contributed by atoms with E-state index in [0.29, 0.717) is 16.7 Å². The third kappa shape index (κ3) is 5.71. The maximum absolute atomic E-state index is 13.9. The molecule has 5 rings (SSSR count). The van der Waals surface area contributed by atoms with Gasteiger partial charge in [0.1, 0.15) is 0 Å². The van der Waals surface area contributed by atoms with Crippen LogP contribution in [0.2, 0.25) is 0 Å². The number of aryl methyl sites for hydroxylation is 1. The number of ether oxygens (including phenoxy) is 2. The van der Waals surface area contributed by atoms with Crippen molar-refractivity contribution in [1.82, 2.24) is 25.1 Å². The van der Waals surface area contributed by atoms with Gasteiger partial charge in [-0.15, -0.1) is 0 Å². The summed E-state index contributed by atoms with van der Waals surface area (Å²) in [6.07, 6.45) is 13.3. The van der Waals surface area contributed by atoms with Crippen LogP contribution < -0.4 is 16.7 Å². The average molecular weight is 549 g/mol. The number of amides is 1. The molecule has 0 bridgehead atoms. The summed E-state index contributed by atoms with van der Waals surface area (Å²) in [5, 5.41) is 4.66. The minimum absolute atomic E-state index is 0.0270. The van der Waals surface area contributed by atoms with Crippen molar-refractivity contribution >= 4 is 5.91 Å². The molecule has 0 aromatic carbocycles. The predicted octanol–water partition coefficient (Wildman–Crippen LogP) is 1.97. The first-order valence-corrected chi connectivity index (χ1v) is 13.9. The Kier molecular flexibility index (Phi) is 8.41. The number of aromatic amines is 1. The van der Waals surface area contributed by atoms with E-state index in [9.17, 15) is 9.59 Å². The molecule has 0 spiro atoms. The number of aromatic nitrogens is 1. The third-order valence-electron chi connectivity index (χ3n) is 7.94. The molecule has 1 aliphatic carbocycles. The van der Waals surface area contributed by atoms with Gasteiger partial charge in [-0.25, -0.2) is 5.84 Å². The number of dihydropyridines is 1. The highest BCUT2D eigenvalue weighted by molar-refractivity contribution is 5.98. The summed E-state index contributed by atoms with van der Waals surface area (Å²) in [6.45, 7) is 9.60. The van der Waals surface area contributed by atoms with Crippen molar-refractivity contribution < 1.29 is 14.3 Å². The second-order valence-electron chi connectivity index (χ2n) is 11.0. The van der Waals surface area contributed by atoms with Gasteiger partial charge in [0.05, 0.1) is 38.6 Å². The molecule has 214 valence electrons. The Balaban J connectivity index is 1.42. The largest absolute Gasteiger partial charge is 0.380 e. The number of hydrazine groups is 1. The van der Waals surface area contributed by atoms with Gasteiger partial charge >= 0.3 is 0 Å². The number of allylic oxidation sites excluding steroid dienone is 2. The van der Waals surface area contributed by atoms with E-state index in [1.165, 1.54) is 0 Å². The molecule has 1 aromatic rings. The molecule has 2 unspecified atom stereocenters. The Hall–Kier alpha value is -3.44. The lowest BCUT2D eigenvalue weighted by Crippen LogP contribution is -2.49. The molecule has 0 radical (unpaired) electrons. The number of nitrogens with zero attached hydrogens (tertiary/aromatic N) is 3. The first kappa shape index (κ1) is 28.1. The van der Waals surface area contributed by atoms with E-state index >= 15 is 0 Å². The number of hydrogen-bond acceptors (Lipinski definition) is 8. The van der Waals surface area contributed by atoms with E-state index < -0.39 is 0 Å². The smallest absolute Gasteiger partial charge is 0.268 e. The maximum Gasteiger partial charge on any atom is 0.268 e. The number of rotatable bonds is 8. The first-order chi connectivity index (χ1) is 19.3. The minimum Gasteiger partial charge on any atom is -0.380 e. The number of hydrogen-bond donors (Lipinski definition) is 3. The Morgan fingerprint density at radius 1 is 1.27 bits per heavy atom. The fourth-order valence-electron chi connectivity index (χ4n) is 5.87. The SMILES string of the molecule is COCc1cc(C)[nH]c(=O)c1CN(N)C(=O)C1=C2C=CN(C(C)C)C2CC(C2=CNC(N3CCOCC3)C=C2)=C1. The predicted molar refractivity (Wildman–Crippen MR) is 153 cm³/mol. The second-order valence-corrected chi connectivity index (χ2v) is 11.0. The number of carbonyl (C=O) groups excluding carboxylic acids is 1. The van der Waals surface area contributed by atoms with Crippen molar-refractivity contribution in [3.8, 4) is 0 Å². The number of carbonyl (C=O) groups is 1. The minimum atomic E-state index is -0.324. The van der Waals surface area contributed by atoms with Crippen LogP contribution in [0.3, 0.4) is 0 Å². The number of H-pyrrole nitrogens is 1. The van der Waals surface area contributed by atoms with E-state index in [-0.39, 0.29) is 42.9 Å². The van der Waals surface area contributed by atoms with Crippen LogP contribution in [0.5, 0.6) is 0 Å². The van der Waals surface area contributed by atoms with E-state index in [4.69, 9.17) is 15.3 Å². The van der Waals surface area contributed by atoms with Gasteiger partial charge in [0.2, 0.25) is 0 Å². The van der Waals surface area contributed by atoms with Gasteiger partial charge in [0.15, 0.2) is 0 Å². The average Bonchev–Trinajstić information content (AvgIpc) is 3.39. The van der Waals surface area contributed by atoms with Crippen LogP contribution in [0, 0.1) is 6.92 Å². The lowest BCUT2D eigenvalue weighted by atomic mass is 9.84. The lowest BCUT2D eigenvalue weighted by Gasteiger charge is -2.36. The molecule has 1 amide bonds. The summed E-state index contributed by atoms with van der Waals surface area (Å²) >= 11 is 0. The van der Waals surface area contributed by atoms with Crippen LogP contribution in [-0.2, 0) is 27.4 Å². The van der Waals surface area contributed by atoms with Gasteiger partial charge in [0.25, 0.3) is 11.5 Å². The third-order valence-corrected chi connectivity index (χ3v) is 7.94. The van der Waals surface area contributed by atoms with Crippen molar-refractivity contribution in [1.29, 1.82) is 0 Å². The van der Waals surface area contributed by atoms with Crippen molar-refractivity contribution in [2.24, 2.45) is 5.84 Å².